The lowest BCUT2D eigenvalue weighted by Gasteiger charge is -2.07. The summed E-state index contributed by atoms with van der Waals surface area (Å²) in [5, 5.41) is 5.41. The molecule has 0 saturated heterocycles. The van der Waals surface area contributed by atoms with Crippen LogP contribution in [0.5, 0.6) is 11.5 Å². The standard InChI is InChI=1S/C20H22N2O4/c1-3-21-20(24)14-26-17-10-8-16(9-11-17)22-19(23)12-7-15-5-4-6-18(13-15)25-2/h4-13H,3,14H2,1-2H3,(H,21,24)(H,22,23)/b12-7+. The number of amides is 2. The van der Waals surface area contributed by atoms with Gasteiger partial charge in [-0.15, -0.1) is 0 Å². The Balaban J connectivity index is 1.86. The predicted molar refractivity (Wildman–Crippen MR) is 101 cm³/mol. The van der Waals surface area contributed by atoms with Gasteiger partial charge in [0.15, 0.2) is 6.61 Å². The van der Waals surface area contributed by atoms with E-state index in [0.29, 0.717) is 18.0 Å². The molecule has 0 unspecified atom stereocenters. The topological polar surface area (TPSA) is 76.7 Å². The van der Waals surface area contributed by atoms with Crippen molar-refractivity contribution in [3.05, 3.63) is 60.2 Å². The molecule has 2 amide bonds. The quantitative estimate of drug-likeness (QED) is 0.715. The van der Waals surface area contributed by atoms with E-state index < -0.39 is 0 Å². The molecule has 2 aromatic rings. The number of hydrogen-bond acceptors (Lipinski definition) is 4. The van der Waals surface area contributed by atoms with Crippen LogP contribution >= 0.6 is 0 Å². The molecule has 0 bridgehead atoms. The van der Waals surface area contributed by atoms with Crippen LogP contribution in [0, 0.1) is 0 Å². The van der Waals surface area contributed by atoms with Crippen LogP contribution in [0.15, 0.2) is 54.6 Å². The predicted octanol–water partition coefficient (Wildman–Crippen LogP) is 2.86. The van der Waals surface area contributed by atoms with Crippen LogP contribution in [0.1, 0.15) is 12.5 Å². The van der Waals surface area contributed by atoms with Gasteiger partial charge in [-0.3, -0.25) is 9.59 Å². The molecule has 2 aromatic carbocycles. The van der Waals surface area contributed by atoms with E-state index in [4.69, 9.17) is 9.47 Å². The van der Waals surface area contributed by atoms with Gasteiger partial charge in [0.1, 0.15) is 11.5 Å². The SMILES string of the molecule is CCNC(=O)COc1ccc(NC(=O)/C=C/c2cccc(OC)c2)cc1. The molecule has 0 aliphatic rings. The molecule has 0 atom stereocenters. The maximum atomic E-state index is 12.0. The lowest BCUT2D eigenvalue weighted by atomic mass is 10.2. The van der Waals surface area contributed by atoms with Gasteiger partial charge in [-0.1, -0.05) is 12.1 Å². The first kappa shape index (κ1) is 19.1. The highest BCUT2D eigenvalue weighted by molar-refractivity contribution is 6.01. The minimum atomic E-state index is -0.246. The lowest BCUT2D eigenvalue weighted by Crippen LogP contribution is -2.28. The van der Waals surface area contributed by atoms with Crippen LogP contribution < -0.4 is 20.1 Å². The zero-order valence-corrected chi connectivity index (χ0v) is 14.8. The zero-order valence-electron chi connectivity index (χ0n) is 14.8. The Morgan fingerprint density at radius 3 is 2.54 bits per heavy atom. The molecule has 0 spiro atoms. The highest BCUT2D eigenvalue weighted by Crippen LogP contribution is 2.16. The van der Waals surface area contributed by atoms with Crippen molar-refractivity contribution in [3.63, 3.8) is 0 Å². The number of methoxy groups -OCH3 is 1. The third kappa shape index (κ3) is 6.32. The number of rotatable bonds is 8. The van der Waals surface area contributed by atoms with Gasteiger partial charge in [0.2, 0.25) is 5.91 Å². The second-order valence-electron chi connectivity index (χ2n) is 5.37. The number of anilines is 1. The van der Waals surface area contributed by atoms with Crippen molar-refractivity contribution in [1.82, 2.24) is 5.32 Å². The minimum absolute atomic E-state index is 0.0389. The fourth-order valence-electron chi connectivity index (χ4n) is 2.13. The van der Waals surface area contributed by atoms with Gasteiger partial charge in [-0.2, -0.15) is 0 Å². The van der Waals surface area contributed by atoms with Crippen LogP contribution in [0.3, 0.4) is 0 Å². The largest absolute Gasteiger partial charge is 0.497 e. The molecule has 2 rings (SSSR count). The van der Waals surface area contributed by atoms with Crippen molar-refractivity contribution in [2.75, 3.05) is 25.6 Å². The number of carbonyl (C=O) groups is 2. The molecule has 0 fully saturated rings. The Labute approximate surface area is 152 Å². The van der Waals surface area contributed by atoms with E-state index in [-0.39, 0.29) is 18.4 Å². The number of nitrogens with one attached hydrogen (secondary N) is 2. The summed E-state index contributed by atoms with van der Waals surface area (Å²) < 4.78 is 10.5. The molecular weight excluding hydrogens is 332 g/mol. The molecule has 0 aromatic heterocycles. The molecule has 136 valence electrons. The number of benzene rings is 2. The minimum Gasteiger partial charge on any atom is -0.497 e. The fraction of sp³-hybridized carbons (Fsp3) is 0.200. The third-order valence-electron chi connectivity index (χ3n) is 3.39. The van der Waals surface area contributed by atoms with E-state index in [1.807, 2.05) is 31.2 Å². The van der Waals surface area contributed by atoms with Crippen LogP contribution in [0.4, 0.5) is 5.69 Å². The van der Waals surface area contributed by atoms with E-state index in [2.05, 4.69) is 10.6 Å². The molecule has 26 heavy (non-hydrogen) atoms. The van der Waals surface area contributed by atoms with Crippen molar-refractivity contribution in [3.8, 4) is 11.5 Å². The summed E-state index contributed by atoms with van der Waals surface area (Å²) in [6, 6.07) is 14.2. The summed E-state index contributed by atoms with van der Waals surface area (Å²) in [6.07, 6.45) is 3.16. The number of hydrogen-bond donors (Lipinski definition) is 2. The van der Waals surface area contributed by atoms with Gasteiger partial charge >= 0.3 is 0 Å². The zero-order chi connectivity index (χ0) is 18.8. The summed E-state index contributed by atoms with van der Waals surface area (Å²) in [4.78, 5) is 23.3. The van der Waals surface area contributed by atoms with Crippen molar-refractivity contribution in [2.45, 2.75) is 6.92 Å². The van der Waals surface area contributed by atoms with Crippen molar-refractivity contribution in [1.29, 1.82) is 0 Å². The lowest BCUT2D eigenvalue weighted by molar-refractivity contribution is -0.123. The Hall–Kier alpha value is -3.28. The third-order valence-corrected chi connectivity index (χ3v) is 3.39. The van der Waals surface area contributed by atoms with E-state index in [0.717, 1.165) is 11.3 Å². The first-order chi connectivity index (χ1) is 12.6. The van der Waals surface area contributed by atoms with Gasteiger partial charge in [0.05, 0.1) is 7.11 Å². The summed E-state index contributed by atoms with van der Waals surface area (Å²) in [7, 11) is 1.60. The highest BCUT2D eigenvalue weighted by atomic mass is 16.5. The first-order valence-electron chi connectivity index (χ1n) is 8.23. The second-order valence-corrected chi connectivity index (χ2v) is 5.37. The molecule has 0 heterocycles. The maximum Gasteiger partial charge on any atom is 0.257 e. The fourth-order valence-corrected chi connectivity index (χ4v) is 2.13. The molecule has 0 aliphatic heterocycles. The van der Waals surface area contributed by atoms with Crippen molar-refractivity contribution >= 4 is 23.6 Å². The van der Waals surface area contributed by atoms with Gasteiger partial charge in [0, 0.05) is 18.3 Å². The van der Waals surface area contributed by atoms with Gasteiger partial charge < -0.3 is 20.1 Å². The van der Waals surface area contributed by atoms with Gasteiger partial charge in [-0.05, 0) is 55.0 Å². The van der Waals surface area contributed by atoms with Crippen molar-refractivity contribution < 1.29 is 19.1 Å². The maximum absolute atomic E-state index is 12.0. The molecule has 6 nitrogen and oxygen atoms in total. The Bertz CT molecular complexity index is 770. The molecule has 0 saturated carbocycles. The van der Waals surface area contributed by atoms with Crippen LogP contribution in [-0.2, 0) is 9.59 Å². The summed E-state index contributed by atoms with van der Waals surface area (Å²) in [6.45, 7) is 2.37. The number of carbonyl (C=O) groups excluding carboxylic acids is 2. The van der Waals surface area contributed by atoms with E-state index in [1.54, 1.807) is 37.5 Å². The van der Waals surface area contributed by atoms with E-state index >= 15 is 0 Å². The smallest absolute Gasteiger partial charge is 0.257 e. The van der Waals surface area contributed by atoms with Crippen LogP contribution in [0.25, 0.3) is 6.08 Å². The normalized spacial score (nSPS) is 10.4. The Morgan fingerprint density at radius 1 is 1.08 bits per heavy atom. The highest BCUT2D eigenvalue weighted by Gasteiger charge is 2.02. The van der Waals surface area contributed by atoms with Gasteiger partial charge in [0.25, 0.3) is 5.91 Å². The number of likely N-dealkylation sites (N-methyl/N-ethyl adjacent to an activating group) is 1. The number of ether oxygens (including phenoxy) is 2. The first-order valence-corrected chi connectivity index (χ1v) is 8.23. The Morgan fingerprint density at radius 2 is 1.85 bits per heavy atom. The summed E-state index contributed by atoms with van der Waals surface area (Å²) in [5.41, 5.74) is 1.50. The Kier molecular flexibility index (Phi) is 7.24. The monoisotopic (exact) mass is 354 g/mol. The second kappa shape index (κ2) is 9.88. The van der Waals surface area contributed by atoms with Crippen LogP contribution in [0.2, 0.25) is 0 Å². The average Bonchev–Trinajstić information content (AvgIpc) is 2.66. The molecule has 6 heteroatoms. The van der Waals surface area contributed by atoms with Crippen molar-refractivity contribution in [2.24, 2.45) is 0 Å². The summed E-state index contributed by atoms with van der Waals surface area (Å²) >= 11 is 0. The molecule has 2 N–H and O–H groups in total. The molecule has 0 radical (unpaired) electrons. The summed E-state index contributed by atoms with van der Waals surface area (Å²) in [5.74, 6) is 0.869. The average molecular weight is 354 g/mol. The molecular formula is C20H22N2O4. The van der Waals surface area contributed by atoms with E-state index in [1.165, 1.54) is 6.08 Å². The van der Waals surface area contributed by atoms with Crippen LogP contribution in [-0.4, -0.2) is 32.1 Å². The molecule has 0 aliphatic carbocycles. The van der Waals surface area contributed by atoms with Gasteiger partial charge in [-0.25, -0.2) is 0 Å². The van der Waals surface area contributed by atoms with E-state index in [9.17, 15) is 9.59 Å².